The van der Waals surface area contributed by atoms with Crippen LogP contribution in [0.15, 0.2) is 36.4 Å². The van der Waals surface area contributed by atoms with Crippen molar-refractivity contribution in [1.82, 2.24) is 0 Å². The van der Waals surface area contributed by atoms with Gasteiger partial charge in [0.15, 0.2) is 5.78 Å². The smallest absolute Gasteiger partial charge is 0.312 e. The molecule has 1 saturated carbocycles. The number of methoxy groups -OCH3 is 1. The van der Waals surface area contributed by atoms with Gasteiger partial charge in [-0.05, 0) is 43.9 Å². The lowest BCUT2D eigenvalue weighted by molar-refractivity contribution is -0.135. The van der Waals surface area contributed by atoms with Crippen molar-refractivity contribution in [2.45, 2.75) is 56.5 Å². The summed E-state index contributed by atoms with van der Waals surface area (Å²) in [5.74, 6) is 1.35. The minimum Gasteiger partial charge on any atom is -0.496 e. The normalized spacial score (nSPS) is 22.3. The highest BCUT2D eigenvalue weighted by atomic mass is 16.5. The first-order valence-electron chi connectivity index (χ1n) is 10.3. The lowest BCUT2D eigenvalue weighted by Crippen LogP contribution is -2.44. The van der Waals surface area contributed by atoms with Crippen molar-refractivity contribution < 1.29 is 23.8 Å². The molecular weight excluding hydrogens is 368 g/mol. The molecule has 29 heavy (non-hydrogen) atoms. The quantitative estimate of drug-likeness (QED) is 0.542. The summed E-state index contributed by atoms with van der Waals surface area (Å²) in [7, 11) is 1.62. The van der Waals surface area contributed by atoms with E-state index in [1.54, 1.807) is 19.2 Å². The van der Waals surface area contributed by atoms with Crippen molar-refractivity contribution in [3.63, 3.8) is 0 Å². The van der Waals surface area contributed by atoms with E-state index in [0.29, 0.717) is 29.2 Å². The Morgan fingerprint density at radius 1 is 1.03 bits per heavy atom. The molecule has 1 atom stereocenters. The summed E-state index contributed by atoms with van der Waals surface area (Å²) < 4.78 is 17.8. The Hall–Kier alpha value is -2.82. The third-order valence-electron chi connectivity index (χ3n) is 6.48. The van der Waals surface area contributed by atoms with Crippen molar-refractivity contribution in [2.24, 2.45) is 0 Å². The van der Waals surface area contributed by atoms with Crippen LogP contribution in [0.5, 0.6) is 17.2 Å². The number of fused-ring (bicyclic) bond motifs is 3. The van der Waals surface area contributed by atoms with Crippen molar-refractivity contribution in [3.05, 3.63) is 53.1 Å². The van der Waals surface area contributed by atoms with E-state index >= 15 is 0 Å². The van der Waals surface area contributed by atoms with Crippen LogP contribution >= 0.6 is 0 Å². The van der Waals surface area contributed by atoms with Crippen LogP contribution in [0, 0.1) is 0 Å². The number of carbonyl (C=O) groups is 2. The van der Waals surface area contributed by atoms with Gasteiger partial charge in [0.05, 0.1) is 25.5 Å². The Bertz CT molecular complexity index is 987. The Balaban J connectivity index is 1.68. The third-order valence-corrected chi connectivity index (χ3v) is 6.48. The molecule has 0 bridgehead atoms. The number of hydrogen-bond donors (Lipinski definition) is 0. The van der Waals surface area contributed by atoms with Gasteiger partial charge in [0, 0.05) is 17.0 Å². The molecule has 0 amide bonds. The zero-order valence-corrected chi connectivity index (χ0v) is 16.5. The van der Waals surface area contributed by atoms with Crippen molar-refractivity contribution >= 4 is 11.8 Å². The zero-order chi connectivity index (χ0) is 20.0. The van der Waals surface area contributed by atoms with Crippen molar-refractivity contribution in [3.8, 4) is 17.2 Å². The molecule has 2 aromatic carbocycles. The predicted molar refractivity (Wildman–Crippen MR) is 107 cm³/mol. The highest BCUT2D eigenvalue weighted by Gasteiger charge is 2.45. The van der Waals surface area contributed by atoms with E-state index in [4.69, 9.17) is 14.2 Å². The van der Waals surface area contributed by atoms with Gasteiger partial charge in [0.1, 0.15) is 22.8 Å². The highest BCUT2D eigenvalue weighted by Crippen LogP contribution is 2.52. The summed E-state index contributed by atoms with van der Waals surface area (Å²) >= 11 is 0. The number of rotatable bonds is 2. The fraction of sp³-hybridized carbons (Fsp3) is 0.417. The monoisotopic (exact) mass is 392 g/mol. The number of carbonyl (C=O) groups excluding carboxylic acids is 2. The van der Waals surface area contributed by atoms with E-state index in [1.807, 2.05) is 24.3 Å². The SMILES string of the molecule is COc1ccccc1[C@H]1CC(=O)Oc2ccc3c(c21)OC1(CCCCC1)CC3=O. The molecule has 1 fully saturated rings. The first kappa shape index (κ1) is 18.2. The van der Waals surface area contributed by atoms with Crippen LogP contribution in [-0.2, 0) is 4.79 Å². The number of ether oxygens (including phenoxy) is 3. The summed E-state index contributed by atoms with van der Waals surface area (Å²) in [5, 5.41) is 0. The summed E-state index contributed by atoms with van der Waals surface area (Å²) in [6, 6.07) is 11.2. The molecule has 5 heteroatoms. The number of ketones is 1. The molecule has 150 valence electrons. The average Bonchev–Trinajstić information content (AvgIpc) is 2.73. The number of esters is 1. The van der Waals surface area contributed by atoms with Crippen molar-refractivity contribution in [2.75, 3.05) is 7.11 Å². The van der Waals surface area contributed by atoms with E-state index in [2.05, 4.69) is 0 Å². The maximum atomic E-state index is 13.1. The summed E-state index contributed by atoms with van der Waals surface area (Å²) in [4.78, 5) is 25.4. The largest absolute Gasteiger partial charge is 0.496 e. The van der Waals surface area contributed by atoms with Gasteiger partial charge in [-0.3, -0.25) is 9.59 Å². The van der Waals surface area contributed by atoms with Gasteiger partial charge in [-0.2, -0.15) is 0 Å². The van der Waals surface area contributed by atoms with E-state index in [9.17, 15) is 9.59 Å². The van der Waals surface area contributed by atoms with E-state index in [-0.39, 0.29) is 24.1 Å². The van der Waals surface area contributed by atoms with Gasteiger partial charge in [-0.1, -0.05) is 24.6 Å². The zero-order valence-electron chi connectivity index (χ0n) is 16.5. The molecule has 5 nitrogen and oxygen atoms in total. The molecule has 0 unspecified atom stereocenters. The Labute approximate surface area is 170 Å². The van der Waals surface area contributed by atoms with Crippen LogP contribution in [0.4, 0.5) is 0 Å². The van der Waals surface area contributed by atoms with Gasteiger partial charge in [0.25, 0.3) is 0 Å². The molecule has 1 aliphatic carbocycles. The Morgan fingerprint density at radius 2 is 1.83 bits per heavy atom. The molecule has 2 aliphatic heterocycles. The standard InChI is InChI=1S/C24H24O5/c1-27-19-8-4-3-7-15(19)17-13-21(26)28-20-10-9-16-18(25)14-24(11-5-2-6-12-24)29-23(16)22(17)20/h3-4,7-10,17H,2,5-6,11-14H2,1H3/t17-/m1/s1. The topological polar surface area (TPSA) is 61.8 Å². The van der Waals surface area contributed by atoms with Crippen LogP contribution < -0.4 is 14.2 Å². The third kappa shape index (κ3) is 3.00. The summed E-state index contributed by atoms with van der Waals surface area (Å²) in [6.45, 7) is 0. The number of hydrogen-bond acceptors (Lipinski definition) is 5. The molecule has 2 heterocycles. The molecule has 3 aliphatic rings. The van der Waals surface area contributed by atoms with E-state index < -0.39 is 5.60 Å². The van der Waals surface area contributed by atoms with Crippen LogP contribution in [0.25, 0.3) is 0 Å². The number of benzene rings is 2. The lowest BCUT2D eigenvalue weighted by Gasteiger charge is -2.42. The minimum absolute atomic E-state index is 0.117. The van der Waals surface area contributed by atoms with Gasteiger partial charge in [0.2, 0.25) is 0 Å². The van der Waals surface area contributed by atoms with Gasteiger partial charge in [-0.15, -0.1) is 0 Å². The first-order valence-corrected chi connectivity index (χ1v) is 10.3. The predicted octanol–water partition coefficient (Wildman–Crippen LogP) is 4.80. The van der Waals surface area contributed by atoms with Crippen LogP contribution in [0.3, 0.4) is 0 Å². The Kier molecular flexibility index (Phi) is 4.34. The number of Topliss-reactive ketones (excluding diaryl/α,β-unsaturated/α-hetero) is 1. The molecule has 0 aromatic heterocycles. The van der Waals surface area contributed by atoms with Crippen LogP contribution in [-0.4, -0.2) is 24.5 Å². The van der Waals surface area contributed by atoms with Crippen molar-refractivity contribution in [1.29, 1.82) is 0 Å². The lowest BCUT2D eigenvalue weighted by atomic mass is 9.76. The summed E-state index contributed by atoms with van der Waals surface area (Å²) in [6.07, 6.45) is 5.72. The average molecular weight is 392 g/mol. The van der Waals surface area contributed by atoms with Crippen LogP contribution in [0.2, 0.25) is 0 Å². The fourth-order valence-corrected chi connectivity index (χ4v) is 5.10. The molecular formula is C24H24O5. The maximum absolute atomic E-state index is 13.1. The second-order valence-electron chi connectivity index (χ2n) is 8.27. The second kappa shape index (κ2) is 6.90. The molecule has 1 spiro atoms. The minimum atomic E-state index is -0.426. The fourth-order valence-electron chi connectivity index (χ4n) is 5.10. The molecule has 5 rings (SSSR count). The van der Waals surface area contributed by atoms with E-state index in [1.165, 1.54) is 6.42 Å². The van der Waals surface area contributed by atoms with Gasteiger partial charge < -0.3 is 14.2 Å². The highest BCUT2D eigenvalue weighted by molar-refractivity contribution is 6.01. The molecule has 0 saturated heterocycles. The molecule has 2 aromatic rings. The summed E-state index contributed by atoms with van der Waals surface area (Å²) in [5.41, 5.74) is 1.87. The van der Waals surface area contributed by atoms with Gasteiger partial charge >= 0.3 is 5.97 Å². The molecule has 0 N–H and O–H groups in total. The van der Waals surface area contributed by atoms with Crippen LogP contribution in [0.1, 0.15) is 72.3 Å². The Morgan fingerprint density at radius 3 is 2.62 bits per heavy atom. The number of para-hydroxylation sites is 1. The maximum Gasteiger partial charge on any atom is 0.312 e. The molecule has 0 radical (unpaired) electrons. The first-order chi connectivity index (χ1) is 14.1. The van der Waals surface area contributed by atoms with E-state index in [0.717, 1.165) is 36.8 Å². The van der Waals surface area contributed by atoms with Gasteiger partial charge in [-0.25, -0.2) is 0 Å². The second-order valence-corrected chi connectivity index (χ2v) is 8.27.